The van der Waals surface area contributed by atoms with E-state index in [2.05, 4.69) is 25.7 Å². The molecule has 0 atom stereocenters. The Morgan fingerprint density at radius 2 is 2.12 bits per heavy atom. The fourth-order valence-corrected chi connectivity index (χ4v) is 2.10. The predicted molar refractivity (Wildman–Crippen MR) is 62.2 cm³/mol. The molecule has 0 aliphatic carbocycles. The van der Waals surface area contributed by atoms with Crippen molar-refractivity contribution in [3.8, 4) is 5.75 Å². The van der Waals surface area contributed by atoms with Gasteiger partial charge in [-0.25, -0.2) is 0 Å². The number of alkyl halides is 4. The molecule has 3 nitrogen and oxygen atoms in total. The first-order valence-corrected chi connectivity index (χ1v) is 6.18. The minimum atomic E-state index is -4.77. The quantitative estimate of drug-likeness (QED) is 0.614. The van der Waals surface area contributed by atoms with Crippen molar-refractivity contribution in [3.63, 3.8) is 0 Å². The van der Waals surface area contributed by atoms with Gasteiger partial charge in [0, 0.05) is 17.1 Å². The molecule has 90 valence electrons. The van der Waals surface area contributed by atoms with E-state index in [1.54, 1.807) is 22.6 Å². The third-order valence-corrected chi connectivity index (χ3v) is 3.35. The minimum absolute atomic E-state index is 0.138. The van der Waals surface area contributed by atoms with Gasteiger partial charge in [0.2, 0.25) is 0 Å². The number of rotatable bonds is 3. The number of hydrogen-bond acceptors (Lipinski definition) is 3. The molecule has 0 bridgehead atoms. The highest BCUT2D eigenvalue weighted by molar-refractivity contribution is 14.1. The number of aliphatic hydroxyl groups excluding tert-OH is 1. The van der Waals surface area contributed by atoms with E-state index in [1.807, 2.05) is 0 Å². The number of halogens is 5. The van der Waals surface area contributed by atoms with Crippen LogP contribution in [0.3, 0.4) is 0 Å². The van der Waals surface area contributed by atoms with Crippen LogP contribution in [-0.2, 0) is 11.9 Å². The van der Waals surface area contributed by atoms with Gasteiger partial charge < -0.3 is 9.84 Å². The summed E-state index contributed by atoms with van der Waals surface area (Å²) in [4.78, 5) is 3.78. The van der Waals surface area contributed by atoms with Gasteiger partial charge in [-0.3, -0.25) is 4.98 Å². The lowest BCUT2D eigenvalue weighted by Gasteiger charge is -2.14. The molecule has 1 rings (SSSR count). The van der Waals surface area contributed by atoms with Crippen molar-refractivity contribution in [2.24, 2.45) is 0 Å². The summed E-state index contributed by atoms with van der Waals surface area (Å²) in [5.41, 5.74) is 0.434. The zero-order valence-electron chi connectivity index (χ0n) is 7.68. The van der Waals surface area contributed by atoms with Crippen LogP contribution in [0.15, 0.2) is 6.20 Å². The number of aliphatic hydroxyl groups is 1. The van der Waals surface area contributed by atoms with Crippen LogP contribution >= 0.6 is 38.5 Å². The monoisotopic (exact) mass is 411 g/mol. The highest BCUT2D eigenvalue weighted by Crippen LogP contribution is 2.33. The van der Waals surface area contributed by atoms with E-state index >= 15 is 0 Å². The summed E-state index contributed by atoms with van der Waals surface area (Å²) in [5, 5.41) is 9.05. The molecular formula is C8H6BrF3INO2. The first-order chi connectivity index (χ1) is 7.39. The molecule has 16 heavy (non-hydrogen) atoms. The SMILES string of the molecule is OCc1cnc(CBr)c(OC(F)(F)F)c1I. The van der Waals surface area contributed by atoms with E-state index in [9.17, 15) is 13.2 Å². The van der Waals surface area contributed by atoms with Crippen molar-refractivity contribution < 1.29 is 23.0 Å². The van der Waals surface area contributed by atoms with Crippen molar-refractivity contribution in [2.45, 2.75) is 18.3 Å². The molecule has 0 fully saturated rings. The summed E-state index contributed by atoms with van der Waals surface area (Å²) in [6.07, 6.45) is -3.45. The third-order valence-electron chi connectivity index (χ3n) is 1.63. The molecule has 0 aromatic carbocycles. The summed E-state index contributed by atoms with van der Waals surface area (Å²) in [7, 11) is 0. The second-order valence-corrected chi connectivity index (χ2v) is 4.35. The van der Waals surface area contributed by atoms with Gasteiger partial charge in [-0.2, -0.15) is 0 Å². The number of aromatic nitrogens is 1. The largest absolute Gasteiger partial charge is 0.573 e. The van der Waals surface area contributed by atoms with Gasteiger partial charge in [-0.1, -0.05) is 15.9 Å². The van der Waals surface area contributed by atoms with Crippen LogP contribution in [0.4, 0.5) is 13.2 Å². The lowest BCUT2D eigenvalue weighted by molar-refractivity contribution is -0.275. The Bertz CT molecular complexity index is 386. The van der Waals surface area contributed by atoms with Crippen molar-refractivity contribution >= 4 is 38.5 Å². The van der Waals surface area contributed by atoms with Gasteiger partial charge >= 0.3 is 6.36 Å². The van der Waals surface area contributed by atoms with Crippen molar-refractivity contribution in [2.75, 3.05) is 0 Å². The lowest BCUT2D eigenvalue weighted by Crippen LogP contribution is -2.19. The van der Waals surface area contributed by atoms with E-state index < -0.39 is 6.36 Å². The van der Waals surface area contributed by atoms with E-state index in [0.29, 0.717) is 5.56 Å². The van der Waals surface area contributed by atoms with Gasteiger partial charge in [0.15, 0.2) is 5.75 Å². The fourth-order valence-electron chi connectivity index (χ4n) is 0.969. The van der Waals surface area contributed by atoms with Crippen LogP contribution in [0.2, 0.25) is 0 Å². The maximum atomic E-state index is 12.1. The van der Waals surface area contributed by atoms with Crippen LogP contribution in [0.1, 0.15) is 11.3 Å². The summed E-state index contributed by atoms with van der Waals surface area (Å²) in [6.45, 7) is -0.387. The Labute approximate surface area is 111 Å². The molecule has 0 amide bonds. The number of pyridine rings is 1. The molecule has 0 aliphatic rings. The van der Waals surface area contributed by atoms with E-state index in [4.69, 9.17) is 5.11 Å². The van der Waals surface area contributed by atoms with E-state index in [0.717, 1.165) is 0 Å². The van der Waals surface area contributed by atoms with Crippen LogP contribution in [0.25, 0.3) is 0 Å². The number of ether oxygens (including phenoxy) is 1. The van der Waals surface area contributed by atoms with Crippen molar-refractivity contribution in [3.05, 3.63) is 21.0 Å². The van der Waals surface area contributed by atoms with Crippen LogP contribution in [0, 0.1) is 3.57 Å². The number of hydrogen-bond donors (Lipinski definition) is 1. The lowest BCUT2D eigenvalue weighted by atomic mass is 10.2. The van der Waals surface area contributed by atoms with Gasteiger partial charge in [0.05, 0.1) is 15.9 Å². The van der Waals surface area contributed by atoms with Crippen molar-refractivity contribution in [1.29, 1.82) is 0 Å². The maximum Gasteiger partial charge on any atom is 0.573 e. The van der Waals surface area contributed by atoms with E-state index in [-0.39, 0.29) is 27.0 Å². The van der Waals surface area contributed by atoms with Crippen LogP contribution < -0.4 is 4.74 Å². The van der Waals surface area contributed by atoms with Crippen LogP contribution in [-0.4, -0.2) is 16.5 Å². The minimum Gasteiger partial charge on any atom is -0.403 e. The van der Waals surface area contributed by atoms with E-state index in [1.165, 1.54) is 6.20 Å². The molecule has 1 N–H and O–H groups in total. The van der Waals surface area contributed by atoms with Gasteiger partial charge in [0.25, 0.3) is 0 Å². The molecule has 8 heteroatoms. The Balaban J connectivity index is 3.21. The molecule has 0 saturated carbocycles. The van der Waals surface area contributed by atoms with Gasteiger partial charge in [-0.15, -0.1) is 13.2 Å². The molecular weight excluding hydrogens is 406 g/mol. The Kier molecular flexibility index (Phi) is 4.80. The molecule has 0 spiro atoms. The predicted octanol–water partition coefficient (Wildman–Crippen LogP) is 2.97. The second kappa shape index (κ2) is 5.50. The zero-order chi connectivity index (χ0) is 12.3. The Morgan fingerprint density at radius 1 is 1.50 bits per heavy atom. The average molecular weight is 412 g/mol. The molecule has 0 radical (unpaired) electrons. The molecule has 0 saturated heterocycles. The second-order valence-electron chi connectivity index (χ2n) is 2.71. The Hall–Kier alpha value is -0.0900. The smallest absolute Gasteiger partial charge is 0.403 e. The van der Waals surface area contributed by atoms with Gasteiger partial charge in [-0.05, 0) is 22.6 Å². The van der Waals surface area contributed by atoms with Crippen molar-refractivity contribution in [1.82, 2.24) is 4.98 Å². The van der Waals surface area contributed by atoms with Gasteiger partial charge in [0.1, 0.15) is 0 Å². The summed E-state index contributed by atoms with van der Waals surface area (Å²) in [5.74, 6) is -0.364. The first-order valence-electron chi connectivity index (χ1n) is 3.98. The zero-order valence-corrected chi connectivity index (χ0v) is 11.4. The highest BCUT2D eigenvalue weighted by Gasteiger charge is 2.33. The molecule has 0 aliphatic heterocycles. The molecule has 1 heterocycles. The average Bonchev–Trinajstić information content (AvgIpc) is 2.19. The normalized spacial score (nSPS) is 11.6. The molecule has 1 aromatic heterocycles. The molecule has 0 unspecified atom stereocenters. The summed E-state index contributed by atoms with van der Waals surface area (Å²) < 4.78 is 40.5. The summed E-state index contributed by atoms with van der Waals surface area (Å²) in [6, 6.07) is 0. The molecule has 1 aromatic rings. The fraction of sp³-hybridized carbons (Fsp3) is 0.375. The summed E-state index contributed by atoms with van der Waals surface area (Å²) >= 11 is 4.70. The third kappa shape index (κ3) is 3.45. The first kappa shape index (κ1) is 14.0. The standard InChI is InChI=1S/C8H6BrF3INO2/c9-1-5-7(16-8(10,11)12)6(13)4(3-15)2-14-5/h2,15H,1,3H2. The topological polar surface area (TPSA) is 42.4 Å². The maximum absolute atomic E-state index is 12.1. The highest BCUT2D eigenvalue weighted by atomic mass is 127. The Morgan fingerprint density at radius 3 is 2.56 bits per heavy atom. The van der Waals surface area contributed by atoms with Crippen LogP contribution in [0.5, 0.6) is 5.75 Å². The number of nitrogens with zero attached hydrogens (tertiary/aromatic N) is 1.